The summed E-state index contributed by atoms with van der Waals surface area (Å²) in [5.74, 6) is 0.264. The minimum Gasteiger partial charge on any atom is -0.466 e. The van der Waals surface area contributed by atoms with Crippen LogP contribution in [0.2, 0.25) is 5.02 Å². The molecule has 3 aromatic rings. The molecule has 0 aliphatic heterocycles. The van der Waals surface area contributed by atoms with E-state index in [0.717, 1.165) is 0 Å². The lowest BCUT2D eigenvalue weighted by atomic mass is 9.99. The molecule has 0 fully saturated rings. The minimum absolute atomic E-state index is 0.0768. The second kappa shape index (κ2) is 6.93. The second-order valence-electron chi connectivity index (χ2n) is 5.50. The van der Waals surface area contributed by atoms with Gasteiger partial charge in [-0.3, -0.25) is 0 Å². The maximum absolute atomic E-state index is 12.7. The van der Waals surface area contributed by atoms with Crippen molar-refractivity contribution < 1.29 is 17.9 Å². The molecule has 2 heterocycles. The first-order valence-electron chi connectivity index (χ1n) is 7.40. The van der Waals surface area contributed by atoms with Crippen molar-refractivity contribution in [1.82, 2.24) is 4.72 Å². The fourth-order valence-electron chi connectivity index (χ4n) is 2.48. The van der Waals surface area contributed by atoms with Crippen molar-refractivity contribution in [3.05, 3.63) is 75.3 Å². The molecule has 0 unspecified atom stereocenters. The first kappa shape index (κ1) is 18.2. The van der Waals surface area contributed by atoms with Crippen LogP contribution >= 0.6 is 22.9 Å². The van der Waals surface area contributed by atoms with E-state index in [1.165, 1.54) is 23.7 Å². The van der Waals surface area contributed by atoms with Crippen molar-refractivity contribution in [2.24, 2.45) is 0 Å². The van der Waals surface area contributed by atoms with E-state index >= 15 is 0 Å². The average molecular weight is 398 g/mol. The van der Waals surface area contributed by atoms with Crippen molar-refractivity contribution in [1.29, 1.82) is 0 Å². The van der Waals surface area contributed by atoms with Gasteiger partial charge >= 0.3 is 0 Å². The quantitative estimate of drug-likeness (QED) is 0.667. The monoisotopic (exact) mass is 397 g/mol. The van der Waals surface area contributed by atoms with Crippen LogP contribution in [0.5, 0.6) is 0 Å². The summed E-state index contributed by atoms with van der Waals surface area (Å²) in [5.41, 5.74) is -1.15. The molecular formula is C17H16ClNO4S2. The Balaban J connectivity index is 1.93. The summed E-state index contributed by atoms with van der Waals surface area (Å²) in [6, 6.07) is 11.4. The molecule has 0 saturated heterocycles. The molecule has 0 saturated carbocycles. The fraction of sp³-hybridized carbons (Fsp3) is 0.176. The number of aliphatic hydroxyl groups is 1. The second-order valence-corrected chi connectivity index (χ2v) is 8.59. The number of halogens is 1. The summed E-state index contributed by atoms with van der Waals surface area (Å²) in [5, 5.41) is 13.3. The molecule has 25 heavy (non-hydrogen) atoms. The lowest BCUT2D eigenvalue weighted by molar-refractivity contribution is 0.0655. The molecule has 132 valence electrons. The number of rotatable bonds is 6. The Morgan fingerprint density at radius 3 is 2.68 bits per heavy atom. The average Bonchev–Trinajstić information content (AvgIpc) is 3.29. The number of thiophene rings is 1. The maximum atomic E-state index is 12.7. The van der Waals surface area contributed by atoms with E-state index < -0.39 is 15.6 Å². The molecule has 0 aliphatic rings. The Labute approximate surface area is 154 Å². The molecule has 8 heteroatoms. The smallest absolute Gasteiger partial charge is 0.241 e. The highest BCUT2D eigenvalue weighted by Crippen LogP contribution is 2.33. The number of sulfonamides is 1. The van der Waals surface area contributed by atoms with E-state index in [1.54, 1.807) is 48.7 Å². The van der Waals surface area contributed by atoms with Crippen LogP contribution in [0, 0.1) is 6.92 Å². The largest absolute Gasteiger partial charge is 0.466 e. The third-order valence-electron chi connectivity index (χ3n) is 3.88. The number of benzene rings is 1. The van der Waals surface area contributed by atoms with Crippen LogP contribution in [0.3, 0.4) is 0 Å². The topological polar surface area (TPSA) is 79.5 Å². The Morgan fingerprint density at radius 2 is 2.04 bits per heavy atom. The molecule has 0 radical (unpaired) electrons. The Hall–Kier alpha value is -1.64. The maximum Gasteiger partial charge on any atom is 0.241 e. The van der Waals surface area contributed by atoms with Gasteiger partial charge in [0.2, 0.25) is 10.0 Å². The van der Waals surface area contributed by atoms with E-state index in [-0.39, 0.29) is 17.2 Å². The molecule has 3 rings (SSSR count). The zero-order valence-corrected chi connectivity index (χ0v) is 15.7. The van der Waals surface area contributed by atoms with Gasteiger partial charge in [0.1, 0.15) is 5.76 Å². The van der Waals surface area contributed by atoms with Gasteiger partial charge in [0.15, 0.2) is 5.60 Å². The zero-order chi connectivity index (χ0) is 18.1. The molecule has 1 aromatic carbocycles. The van der Waals surface area contributed by atoms with Crippen LogP contribution in [0.25, 0.3) is 0 Å². The van der Waals surface area contributed by atoms with Gasteiger partial charge in [0.25, 0.3) is 0 Å². The van der Waals surface area contributed by atoms with Crippen LogP contribution < -0.4 is 4.72 Å². The molecule has 1 atom stereocenters. The van der Waals surface area contributed by atoms with Crippen molar-refractivity contribution in [2.75, 3.05) is 6.54 Å². The molecule has 0 spiro atoms. The van der Waals surface area contributed by atoms with Crippen LogP contribution in [-0.2, 0) is 15.6 Å². The van der Waals surface area contributed by atoms with E-state index in [0.29, 0.717) is 15.5 Å². The van der Waals surface area contributed by atoms with Gasteiger partial charge in [0, 0.05) is 9.90 Å². The van der Waals surface area contributed by atoms with Crippen LogP contribution in [0.4, 0.5) is 0 Å². The van der Waals surface area contributed by atoms with Gasteiger partial charge in [-0.15, -0.1) is 11.3 Å². The van der Waals surface area contributed by atoms with Gasteiger partial charge in [-0.1, -0.05) is 23.7 Å². The highest BCUT2D eigenvalue weighted by Gasteiger charge is 2.37. The summed E-state index contributed by atoms with van der Waals surface area (Å²) in [7, 11) is -3.86. The van der Waals surface area contributed by atoms with Gasteiger partial charge in [0.05, 0.1) is 17.7 Å². The molecule has 0 amide bonds. The van der Waals surface area contributed by atoms with Crippen molar-refractivity contribution in [2.45, 2.75) is 17.4 Å². The molecule has 2 aromatic heterocycles. The van der Waals surface area contributed by atoms with Gasteiger partial charge in [-0.25, -0.2) is 13.1 Å². The molecular weight excluding hydrogens is 382 g/mol. The number of furan rings is 1. The molecule has 0 aliphatic carbocycles. The predicted molar refractivity (Wildman–Crippen MR) is 97.4 cm³/mol. The Kier molecular flexibility index (Phi) is 5.04. The summed E-state index contributed by atoms with van der Waals surface area (Å²) < 4.78 is 33.2. The van der Waals surface area contributed by atoms with Crippen LogP contribution in [0.15, 0.2) is 63.4 Å². The summed E-state index contributed by atoms with van der Waals surface area (Å²) >= 11 is 7.33. The van der Waals surface area contributed by atoms with Gasteiger partial charge in [-0.2, -0.15) is 0 Å². The van der Waals surface area contributed by atoms with E-state index in [9.17, 15) is 13.5 Å². The zero-order valence-electron chi connectivity index (χ0n) is 13.3. The van der Waals surface area contributed by atoms with E-state index in [2.05, 4.69) is 4.72 Å². The lowest BCUT2D eigenvalue weighted by Crippen LogP contribution is -2.41. The Bertz CT molecular complexity index is 916. The molecule has 0 bridgehead atoms. The highest BCUT2D eigenvalue weighted by molar-refractivity contribution is 7.89. The standard InChI is InChI=1S/C17H16ClNO4S2/c1-12-13(18)5-2-6-14(12)25(21,22)19-11-17(20,15-7-3-9-23-15)16-8-4-10-24-16/h2-10,19-20H,11H2,1H3/t17-/m0/s1. The molecule has 5 nitrogen and oxygen atoms in total. The number of hydrogen-bond donors (Lipinski definition) is 2. The fourth-order valence-corrected chi connectivity index (χ4v) is 4.86. The summed E-state index contributed by atoms with van der Waals surface area (Å²) in [4.78, 5) is 0.654. The number of nitrogens with one attached hydrogen (secondary N) is 1. The lowest BCUT2D eigenvalue weighted by Gasteiger charge is -2.25. The minimum atomic E-state index is -3.86. The first-order chi connectivity index (χ1) is 11.8. The van der Waals surface area contributed by atoms with Gasteiger partial charge < -0.3 is 9.52 Å². The van der Waals surface area contributed by atoms with E-state index in [4.69, 9.17) is 16.0 Å². The first-order valence-corrected chi connectivity index (χ1v) is 10.1. The normalized spacial score (nSPS) is 14.4. The predicted octanol–water partition coefficient (Wildman–Crippen LogP) is 3.52. The number of hydrogen-bond acceptors (Lipinski definition) is 5. The van der Waals surface area contributed by atoms with E-state index in [1.807, 2.05) is 0 Å². The van der Waals surface area contributed by atoms with Crippen LogP contribution in [0.1, 0.15) is 16.2 Å². The van der Waals surface area contributed by atoms with Crippen molar-refractivity contribution in [3.63, 3.8) is 0 Å². The van der Waals surface area contributed by atoms with Crippen molar-refractivity contribution in [3.8, 4) is 0 Å². The van der Waals surface area contributed by atoms with Crippen LogP contribution in [-0.4, -0.2) is 20.1 Å². The third kappa shape index (κ3) is 3.51. The third-order valence-corrected chi connectivity index (χ3v) is 6.86. The summed E-state index contributed by atoms with van der Waals surface area (Å²) in [6.07, 6.45) is 1.43. The SMILES string of the molecule is Cc1c(Cl)cccc1S(=O)(=O)NC[C@](O)(c1ccco1)c1cccs1. The van der Waals surface area contributed by atoms with Crippen molar-refractivity contribution >= 4 is 33.0 Å². The molecule has 2 N–H and O–H groups in total. The Morgan fingerprint density at radius 1 is 1.24 bits per heavy atom. The highest BCUT2D eigenvalue weighted by atomic mass is 35.5. The summed E-state index contributed by atoms with van der Waals surface area (Å²) in [6.45, 7) is 1.37. The van der Waals surface area contributed by atoms with Gasteiger partial charge in [-0.05, 0) is 48.2 Å².